The van der Waals surface area contributed by atoms with E-state index in [1.807, 2.05) is 61.5 Å². The Bertz CT molecular complexity index is 1640. The van der Waals surface area contributed by atoms with E-state index in [4.69, 9.17) is 28.9 Å². The SMILES string of the molecule is CCCC[C@H](NC(=O)[C@H](Cc1c[nH]c2ccccc12)NC(=O)[C@@H](N)Cc1ccccc1)C(=O)N[C@H](C=O)Cc1cccc(Cl)c1Cl. The lowest BCUT2D eigenvalue weighted by atomic mass is 10.0. The number of nitrogens with one attached hydrogen (secondary N) is 4. The first-order chi connectivity index (χ1) is 22.2. The lowest BCUT2D eigenvalue weighted by molar-refractivity contribution is -0.133. The van der Waals surface area contributed by atoms with E-state index in [2.05, 4.69) is 20.9 Å². The largest absolute Gasteiger partial charge is 0.361 e. The van der Waals surface area contributed by atoms with Crippen LogP contribution < -0.4 is 21.7 Å². The van der Waals surface area contributed by atoms with Crippen LogP contribution in [0.5, 0.6) is 0 Å². The first kappa shape index (κ1) is 34.7. The van der Waals surface area contributed by atoms with Gasteiger partial charge in [0.2, 0.25) is 17.7 Å². The lowest BCUT2D eigenvalue weighted by Gasteiger charge is -2.25. The summed E-state index contributed by atoms with van der Waals surface area (Å²) in [5.74, 6) is -1.55. The second-order valence-electron chi connectivity index (χ2n) is 11.3. The van der Waals surface area contributed by atoms with Crippen LogP contribution >= 0.6 is 23.2 Å². The monoisotopic (exact) mass is 663 g/mol. The van der Waals surface area contributed by atoms with Crippen LogP contribution in [0.25, 0.3) is 10.9 Å². The Labute approximate surface area is 278 Å². The molecule has 4 aromatic rings. The van der Waals surface area contributed by atoms with E-state index in [-0.39, 0.29) is 12.8 Å². The summed E-state index contributed by atoms with van der Waals surface area (Å²) in [5, 5.41) is 9.97. The molecular formula is C35H39Cl2N5O4. The van der Waals surface area contributed by atoms with E-state index < -0.39 is 41.9 Å². The summed E-state index contributed by atoms with van der Waals surface area (Å²) in [4.78, 5) is 55.8. The average Bonchev–Trinajstić information content (AvgIpc) is 3.47. The van der Waals surface area contributed by atoms with Crippen molar-refractivity contribution in [3.63, 3.8) is 0 Å². The number of nitrogens with two attached hydrogens (primary N) is 1. The number of carbonyl (C=O) groups is 4. The second kappa shape index (κ2) is 16.9. The van der Waals surface area contributed by atoms with Gasteiger partial charge >= 0.3 is 0 Å². The fourth-order valence-electron chi connectivity index (χ4n) is 5.28. The topological polar surface area (TPSA) is 146 Å². The number of aromatic amines is 1. The molecule has 242 valence electrons. The molecule has 0 saturated heterocycles. The number of unbranched alkanes of at least 4 members (excludes halogenated alkanes) is 1. The van der Waals surface area contributed by atoms with Crippen LogP contribution in [0.2, 0.25) is 10.0 Å². The Balaban J connectivity index is 1.52. The van der Waals surface area contributed by atoms with Crippen LogP contribution in [-0.4, -0.2) is 53.2 Å². The molecule has 4 atom stereocenters. The minimum absolute atomic E-state index is 0.127. The van der Waals surface area contributed by atoms with Crippen molar-refractivity contribution in [1.82, 2.24) is 20.9 Å². The fourth-order valence-corrected chi connectivity index (χ4v) is 5.68. The molecule has 6 N–H and O–H groups in total. The zero-order valence-electron chi connectivity index (χ0n) is 25.6. The Kier molecular flexibility index (Phi) is 12.8. The molecule has 0 fully saturated rings. The molecule has 3 aromatic carbocycles. The standard InChI is InChI=1S/C35H39Cl2N5O4/c1-2-3-15-30(34(45)40-25(21-43)18-23-12-9-14-27(36)32(23)37)41-35(46)31(19-24-20-39-29-16-8-7-13-26(24)29)42-33(44)28(38)17-22-10-5-4-6-11-22/h4-14,16,20-21,25,28,30-31,39H,2-3,15,17-19,38H2,1H3,(H,40,45)(H,41,46)(H,42,44)/t25-,28-,30-,31-/m0/s1. The van der Waals surface area contributed by atoms with Crippen LogP contribution in [0.15, 0.2) is 79.0 Å². The van der Waals surface area contributed by atoms with Crippen molar-refractivity contribution in [3.05, 3.63) is 106 Å². The number of aldehydes is 1. The molecule has 1 aromatic heterocycles. The number of H-pyrrole nitrogens is 1. The maximum absolute atomic E-state index is 13.9. The highest BCUT2D eigenvalue weighted by molar-refractivity contribution is 6.42. The van der Waals surface area contributed by atoms with Crippen molar-refractivity contribution in [3.8, 4) is 0 Å². The van der Waals surface area contributed by atoms with E-state index in [0.29, 0.717) is 41.2 Å². The third-order valence-electron chi connectivity index (χ3n) is 7.81. The number of benzene rings is 3. The molecule has 1 heterocycles. The Morgan fingerprint density at radius 3 is 2.24 bits per heavy atom. The van der Waals surface area contributed by atoms with Gasteiger partial charge in [0.25, 0.3) is 0 Å². The number of amides is 3. The molecule has 0 aliphatic carbocycles. The van der Waals surface area contributed by atoms with Gasteiger partial charge in [0.05, 0.1) is 22.1 Å². The molecular weight excluding hydrogens is 625 g/mol. The molecule has 9 nitrogen and oxygen atoms in total. The molecule has 11 heteroatoms. The summed E-state index contributed by atoms with van der Waals surface area (Å²) in [6.45, 7) is 1.97. The number of halogens is 2. The number of para-hydroxylation sites is 1. The van der Waals surface area contributed by atoms with Crippen molar-refractivity contribution in [1.29, 1.82) is 0 Å². The van der Waals surface area contributed by atoms with Gasteiger partial charge in [-0.25, -0.2) is 0 Å². The van der Waals surface area contributed by atoms with Crippen LogP contribution in [0.1, 0.15) is 42.9 Å². The van der Waals surface area contributed by atoms with E-state index >= 15 is 0 Å². The van der Waals surface area contributed by atoms with Crippen molar-refractivity contribution in [2.24, 2.45) is 5.73 Å². The molecule has 0 spiro atoms. The highest BCUT2D eigenvalue weighted by Crippen LogP contribution is 2.26. The molecule has 0 bridgehead atoms. The maximum atomic E-state index is 13.9. The summed E-state index contributed by atoms with van der Waals surface area (Å²) in [7, 11) is 0. The number of rotatable bonds is 16. The van der Waals surface area contributed by atoms with E-state index in [1.165, 1.54) is 0 Å². The van der Waals surface area contributed by atoms with Crippen molar-refractivity contribution >= 4 is 58.1 Å². The summed E-state index contributed by atoms with van der Waals surface area (Å²) in [5.41, 5.74) is 9.48. The van der Waals surface area contributed by atoms with Crippen LogP contribution in [0.4, 0.5) is 0 Å². The second-order valence-corrected chi connectivity index (χ2v) is 12.1. The smallest absolute Gasteiger partial charge is 0.243 e. The third kappa shape index (κ3) is 9.42. The van der Waals surface area contributed by atoms with E-state index in [1.54, 1.807) is 24.4 Å². The summed E-state index contributed by atoms with van der Waals surface area (Å²) >= 11 is 12.4. The average molecular weight is 665 g/mol. The van der Waals surface area contributed by atoms with Crippen molar-refractivity contribution in [2.45, 2.75) is 69.6 Å². The predicted octanol–water partition coefficient (Wildman–Crippen LogP) is 4.67. The zero-order chi connectivity index (χ0) is 33.1. The summed E-state index contributed by atoms with van der Waals surface area (Å²) < 4.78 is 0. The Morgan fingerprint density at radius 2 is 1.50 bits per heavy atom. The van der Waals surface area contributed by atoms with Crippen molar-refractivity contribution in [2.75, 3.05) is 0 Å². The van der Waals surface area contributed by atoms with Crippen LogP contribution in [0.3, 0.4) is 0 Å². The molecule has 46 heavy (non-hydrogen) atoms. The van der Waals surface area contributed by atoms with E-state index in [0.717, 1.165) is 28.5 Å². The van der Waals surface area contributed by atoms with Gasteiger partial charge in [-0.2, -0.15) is 0 Å². The zero-order valence-corrected chi connectivity index (χ0v) is 27.1. The van der Waals surface area contributed by atoms with Gasteiger partial charge in [0.1, 0.15) is 18.4 Å². The van der Waals surface area contributed by atoms with E-state index in [9.17, 15) is 19.2 Å². The highest BCUT2D eigenvalue weighted by Gasteiger charge is 2.30. The van der Waals surface area contributed by atoms with Crippen LogP contribution in [0, 0.1) is 0 Å². The number of hydrogen-bond acceptors (Lipinski definition) is 5. The van der Waals surface area contributed by atoms with Gasteiger partial charge in [-0.15, -0.1) is 0 Å². The summed E-state index contributed by atoms with van der Waals surface area (Å²) in [6.07, 6.45) is 4.76. The predicted molar refractivity (Wildman–Crippen MR) is 182 cm³/mol. The Morgan fingerprint density at radius 1 is 0.804 bits per heavy atom. The van der Waals surface area contributed by atoms with Crippen molar-refractivity contribution < 1.29 is 19.2 Å². The normalized spacial score (nSPS) is 13.7. The molecule has 4 rings (SSSR count). The molecule has 0 saturated carbocycles. The highest BCUT2D eigenvalue weighted by atomic mass is 35.5. The van der Waals surface area contributed by atoms with Gasteiger partial charge in [-0.3, -0.25) is 14.4 Å². The molecule has 3 amide bonds. The first-order valence-electron chi connectivity index (χ1n) is 15.3. The number of carbonyl (C=O) groups excluding carboxylic acids is 4. The van der Waals surface area contributed by atoms with Gasteiger partial charge < -0.3 is 31.5 Å². The molecule has 0 aliphatic heterocycles. The van der Waals surface area contributed by atoms with Gasteiger partial charge in [0, 0.05) is 29.9 Å². The maximum Gasteiger partial charge on any atom is 0.243 e. The lowest BCUT2D eigenvalue weighted by Crippen LogP contribution is -2.57. The third-order valence-corrected chi connectivity index (χ3v) is 8.67. The van der Waals surface area contributed by atoms with Gasteiger partial charge in [-0.1, -0.05) is 104 Å². The molecule has 0 radical (unpaired) electrons. The quantitative estimate of drug-likeness (QED) is 0.111. The number of aromatic nitrogens is 1. The van der Waals surface area contributed by atoms with Gasteiger partial charge in [-0.05, 0) is 41.7 Å². The van der Waals surface area contributed by atoms with Gasteiger partial charge in [0.15, 0.2) is 0 Å². The molecule has 0 unspecified atom stereocenters. The Hall–Kier alpha value is -4.18. The minimum atomic E-state index is -1.03. The molecule has 0 aliphatic rings. The summed E-state index contributed by atoms with van der Waals surface area (Å²) in [6, 6.07) is 18.3. The fraction of sp³-hybridized carbons (Fsp3) is 0.314. The number of hydrogen-bond donors (Lipinski definition) is 5. The minimum Gasteiger partial charge on any atom is -0.361 e. The number of fused-ring (bicyclic) bond motifs is 1. The first-order valence-corrected chi connectivity index (χ1v) is 16.1. The van der Waals surface area contributed by atoms with Crippen LogP contribution in [-0.2, 0) is 38.4 Å².